The van der Waals surface area contributed by atoms with E-state index in [0.717, 1.165) is 30.9 Å². The summed E-state index contributed by atoms with van der Waals surface area (Å²) in [6, 6.07) is 10.9. The van der Waals surface area contributed by atoms with E-state index in [9.17, 15) is 18.3 Å². The number of ether oxygens (including phenoxy) is 2. The van der Waals surface area contributed by atoms with Gasteiger partial charge in [-0.3, -0.25) is 4.72 Å². The van der Waals surface area contributed by atoms with Gasteiger partial charge in [-0.1, -0.05) is 19.1 Å². The third-order valence-corrected chi connectivity index (χ3v) is 6.30. The summed E-state index contributed by atoms with van der Waals surface area (Å²) in [5.74, 6) is -0.784. The van der Waals surface area contributed by atoms with Gasteiger partial charge in [0.05, 0.1) is 11.5 Å². The van der Waals surface area contributed by atoms with E-state index in [4.69, 9.17) is 9.47 Å². The van der Waals surface area contributed by atoms with E-state index in [1.54, 1.807) is 12.1 Å². The molecule has 0 atom stereocenters. The van der Waals surface area contributed by atoms with Crippen LogP contribution in [0.25, 0.3) is 0 Å². The van der Waals surface area contributed by atoms with E-state index in [-0.39, 0.29) is 16.2 Å². The molecule has 1 aliphatic heterocycles. The molecule has 0 bridgehead atoms. The predicted octanol–water partition coefficient (Wildman–Crippen LogP) is 3.55. The van der Waals surface area contributed by atoms with Gasteiger partial charge >= 0.3 is 5.97 Å². The lowest BCUT2D eigenvalue weighted by atomic mass is 10.0. The number of aromatic carboxylic acids is 1. The molecule has 0 aliphatic carbocycles. The lowest BCUT2D eigenvalue weighted by molar-refractivity contribution is 0.0490. The third kappa shape index (κ3) is 5.48. The first-order chi connectivity index (χ1) is 13.9. The fourth-order valence-electron chi connectivity index (χ4n) is 3.11. The van der Waals surface area contributed by atoms with Crippen molar-refractivity contribution in [1.29, 1.82) is 0 Å². The summed E-state index contributed by atoms with van der Waals surface area (Å²) in [5.41, 5.74) is 1.33. The summed E-state index contributed by atoms with van der Waals surface area (Å²) < 4.78 is 38.9. The number of carbonyl (C=O) groups is 1. The molecule has 2 aromatic carbocycles. The molecule has 8 heteroatoms. The quantitative estimate of drug-likeness (QED) is 0.678. The average molecular weight is 419 g/mol. The monoisotopic (exact) mass is 419 g/mol. The van der Waals surface area contributed by atoms with Crippen LogP contribution in [0, 0.1) is 5.92 Å². The molecular weight excluding hydrogens is 394 g/mol. The van der Waals surface area contributed by atoms with Crippen LogP contribution >= 0.6 is 0 Å². The Labute approximate surface area is 170 Å². The predicted molar refractivity (Wildman–Crippen MR) is 109 cm³/mol. The molecule has 1 aliphatic rings. The molecule has 0 unspecified atom stereocenters. The number of anilines is 1. The van der Waals surface area contributed by atoms with E-state index < -0.39 is 16.0 Å². The number of carboxylic acids is 1. The molecule has 2 N–H and O–H groups in total. The van der Waals surface area contributed by atoms with Crippen LogP contribution in [0.2, 0.25) is 0 Å². The Hall–Kier alpha value is -2.58. The summed E-state index contributed by atoms with van der Waals surface area (Å²) >= 11 is 0. The van der Waals surface area contributed by atoms with E-state index in [0.29, 0.717) is 31.4 Å². The zero-order valence-corrected chi connectivity index (χ0v) is 17.1. The highest BCUT2D eigenvalue weighted by Gasteiger charge is 2.21. The Morgan fingerprint density at radius 3 is 2.48 bits per heavy atom. The molecule has 0 saturated carbocycles. The Morgan fingerprint density at radius 1 is 1.17 bits per heavy atom. The molecule has 3 rings (SSSR count). The minimum atomic E-state index is -3.93. The molecule has 2 aromatic rings. The highest BCUT2D eigenvalue weighted by molar-refractivity contribution is 7.92. The van der Waals surface area contributed by atoms with Crippen LogP contribution in [0.5, 0.6) is 5.75 Å². The first kappa shape index (κ1) is 21.1. The fraction of sp³-hybridized carbons (Fsp3) is 0.381. The van der Waals surface area contributed by atoms with Gasteiger partial charge in [-0.15, -0.1) is 0 Å². The summed E-state index contributed by atoms with van der Waals surface area (Å²) in [6.07, 6.45) is 2.57. The van der Waals surface area contributed by atoms with Gasteiger partial charge in [0.1, 0.15) is 11.3 Å². The molecule has 0 spiro atoms. The van der Waals surface area contributed by atoms with Crippen LogP contribution in [0.15, 0.2) is 47.4 Å². The van der Waals surface area contributed by atoms with E-state index in [1.165, 1.54) is 12.1 Å². The van der Waals surface area contributed by atoms with Gasteiger partial charge in [0.25, 0.3) is 10.0 Å². The second-order valence-electron chi connectivity index (χ2n) is 6.99. The fourth-order valence-corrected chi connectivity index (χ4v) is 4.20. The van der Waals surface area contributed by atoms with Crippen molar-refractivity contribution in [2.75, 3.05) is 24.5 Å². The lowest BCUT2D eigenvalue weighted by Gasteiger charge is -2.22. The molecule has 0 radical (unpaired) electrons. The molecule has 1 heterocycles. The summed E-state index contributed by atoms with van der Waals surface area (Å²) in [5, 5.41) is 9.52. The minimum absolute atomic E-state index is 0.132. The normalized spacial score (nSPS) is 15.1. The van der Waals surface area contributed by atoms with Crippen molar-refractivity contribution in [2.24, 2.45) is 5.92 Å². The van der Waals surface area contributed by atoms with Crippen LogP contribution in [0.3, 0.4) is 0 Å². The van der Waals surface area contributed by atoms with E-state index >= 15 is 0 Å². The van der Waals surface area contributed by atoms with Gasteiger partial charge in [-0.05, 0) is 61.1 Å². The van der Waals surface area contributed by atoms with Crippen molar-refractivity contribution in [2.45, 2.75) is 31.1 Å². The number of benzene rings is 2. The third-order valence-electron chi connectivity index (χ3n) is 4.92. The van der Waals surface area contributed by atoms with Gasteiger partial charge in [-0.25, -0.2) is 13.2 Å². The van der Waals surface area contributed by atoms with Crippen LogP contribution in [-0.4, -0.2) is 39.3 Å². The maximum atomic E-state index is 12.7. The summed E-state index contributed by atoms with van der Waals surface area (Å²) in [4.78, 5) is 11.5. The molecule has 1 saturated heterocycles. The first-order valence-electron chi connectivity index (χ1n) is 9.58. The van der Waals surface area contributed by atoms with Crippen molar-refractivity contribution in [3.8, 4) is 5.75 Å². The maximum Gasteiger partial charge on any atom is 0.339 e. The van der Waals surface area contributed by atoms with Crippen LogP contribution in [0.1, 0.15) is 35.7 Å². The topological polar surface area (TPSA) is 102 Å². The Balaban J connectivity index is 1.77. The van der Waals surface area contributed by atoms with Gasteiger partial charge in [0.2, 0.25) is 0 Å². The van der Waals surface area contributed by atoms with Crippen molar-refractivity contribution >= 4 is 21.7 Å². The number of carboxylic acid groups (broad SMARTS) is 1. The first-order valence-corrected chi connectivity index (χ1v) is 11.1. The zero-order chi connectivity index (χ0) is 20.9. The van der Waals surface area contributed by atoms with Crippen molar-refractivity contribution in [3.05, 3.63) is 53.6 Å². The Bertz CT molecular complexity index is 950. The SMILES string of the molecule is CCc1ccc(NS(=O)(=O)c2ccc(OCC3CCOCC3)c(C(=O)O)c2)cc1. The molecule has 156 valence electrons. The van der Waals surface area contributed by atoms with Gasteiger partial charge < -0.3 is 14.6 Å². The molecule has 0 amide bonds. The summed E-state index contributed by atoms with van der Waals surface area (Å²) in [6.45, 7) is 3.72. The van der Waals surface area contributed by atoms with E-state index in [1.807, 2.05) is 19.1 Å². The smallest absolute Gasteiger partial charge is 0.339 e. The van der Waals surface area contributed by atoms with Crippen molar-refractivity contribution in [1.82, 2.24) is 0 Å². The van der Waals surface area contributed by atoms with Crippen LogP contribution in [-0.2, 0) is 21.2 Å². The summed E-state index contributed by atoms with van der Waals surface area (Å²) in [7, 11) is -3.93. The number of hydrogen-bond acceptors (Lipinski definition) is 5. The standard InChI is InChI=1S/C21H25NO6S/c1-2-15-3-5-17(6-4-15)22-29(25,26)18-7-8-20(19(13-18)21(23)24)28-14-16-9-11-27-12-10-16/h3-8,13,16,22H,2,9-12,14H2,1H3,(H,23,24). The molecule has 1 fully saturated rings. The Morgan fingerprint density at radius 2 is 1.86 bits per heavy atom. The zero-order valence-electron chi connectivity index (χ0n) is 16.3. The second kappa shape index (κ2) is 9.28. The largest absolute Gasteiger partial charge is 0.492 e. The highest BCUT2D eigenvalue weighted by atomic mass is 32.2. The van der Waals surface area contributed by atoms with Crippen molar-refractivity contribution < 1.29 is 27.8 Å². The van der Waals surface area contributed by atoms with Gasteiger partial charge in [-0.2, -0.15) is 0 Å². The number of rotatable bonds is 8. The van der Waals surface area contributed by atoms with Crippen LogP contribution in [0.4, 0.5) is 5.69 Å². The molecule has 0 aromatic heterocycles. The highest BCUT2D eigenvalue weighted by Crippen LogP contribution is 2.26. The van der Waals surface area contributed by atoms with E-state index in [2.05, 4.69) is 4.72 Å². The Kier molecular flexibility index (Phi) is 6.76. The van der Waals surface area contributed by atoms with Crippen LogP contribution < -0.4 is 9.46 Å². The number of sulfonamides is 1. The maximum absolute atomic E-state index is 12.7. The minimum Gasteiger partial charge on any atom is -0.492 e. The van der Waals surface area contributed by atoms with Gasteiger partial charge in [0.15, 0.2) is 0 Å². The number of hydrogen-bond donors (Lipinski definition) is 2. The molecule has 29 heavy (non-hydrogen) atoms. The molecular formula is C21H25NO6S. The van der Waals surface area contributed by atoms with Gasteiger partial charge in [0, 0.05) is 18.9 Å². The number of nitrogens with one attached hydrogen (secondary N) is 1. The van der Waals surface area contributed by atoms with Crippen molar-refractivity contribution in [3.63, 3.8) is 0 Å². The molecule has 7 nitrogen and oxygen atoms in total. The average Bonchev–Trinajstić information content (AvgIpc) is 2.73. The lowest BCUT2D eigenvalue weighted by Crippen LogP contribution is -2.22. The second-order valence-corrected chi connectivity index (χ2v) is 8.67. The number of aryl methyl sites for hydroxylation is 1.